The first-order valence-electron chi connectivity index (χ1n) is 10.6. The Labute approximate surface area is 190 Å². The Morgan fingerprint density at radius 3 is 2.18 bits per heavy atom. The smallest absolute Gasteiger partial charge is 0.255 e. The quantitative estimate of drug-likeness (QED) is 0.467. The summed E-state index contributed by atoms with van der Waals surface area (Å²) in [6.45, 7) is 4.90. The topological polar surface area (TPSA) is 83.5 Å². The van der Waals surface area contributed by atoms with E-state index >= 15 is 0 Å². The van der Waals surface area contributed by atoms with E-state index in [-0.39, 0.29) is 52.6 Å². The van der Waals surface area contributed by atoms with E-state index in [0.29, 0.717) is 17.6 Å². The fourth-order valence-corrected chi connectivity index (χ4v) is 4.06. The van der Waals surface area contributed by atoms with Crippen LogP contribution < -0.4 is 5.32 Å². The lowest BCUT2D eigenvalue weighted by Gasteiger charge is -2.26. The van der Waals surface area contributed by atoms with Gasteiger partial charge in [0, 0.05) is 40.8 Å². The molecule has 0 aromatic heterocycles. The summed E-state index contributed by atoms with van der Waals surface area (Å²) in [5.74, 6) is -3.48. The number of benzene rings is 2. The van der Waals surface area contributed by atoms with Crippen molar-refractivity contribution in [2.24, 2.45) is 0 Å². The molecule has 172 valence electrons. The highest BCUT2D eigenvalue weighted by atomic mass is 19.1. The third-order valence-electron chi connectivity index (χ3n) is 5.97. The van der Waals surface area contributed by atoms with Gasteiger partial charge in [-0.05, 0) is 63.4 Å². The molecule has 0 saturated heterocycles. The molecule has 2 aromatic carbocycles. The van der Waals surface area contributed by atoms with Crippen LogP contribution in [0, 0.1) is 11.6 Å². The molecule has 1 unspecified atom stereocenters. The van der Waals surface area contributed by atoms with Crippen molar-refractivity contribution in [2.75, 3.05) is 6.54 Å². The van der Waals surface area contributed by atoms with Gasteiger partial charge in [0.2, 0.25) is 0 Å². The second kappa shape index (κ2) is 9.90. The van der Waals surface area contributed by atoms with Crippen molar-refractivity contribution in [1.82, 2.24) is 5.32 Å². The number of amides is 1. The van der Waals surface area contributed by atoms with Crippen molar-refractivity contribution in [1.29, 1.82) is 0 Å². The summed E-state index contributed by atoms with van der Waals surface area (Å²) >= 11 is 0. The minimum Gasteiger partial charge on any atom is -0.507 e. The number of rotatable bonds is 7. The van der Waals surface area contributed by atoms with E-state index in [1.54, 1.807) is 32.9 Å². The lowest BCUT2D eigenvalue weighted by atomic mass is 9.76. The van der Waals surface area contributed by atoms with Crippen molar-refractivity contribution in [3.8, 4) is 5.75 Å². The number of nitrogens with one attached hydrogen (secondary N) is 1. The van der Waals surface area contributed by atoms with Crippen LogP contribution >= 0.6 is 0 Å². The molecule has 1 amide bonds. The summed E-state index contributed by atoms with van der Waals surface area (Å²) in [6, 6.07) is 9.19. The standard InChI is InChI=1S/C26H25F2NO4/c1-14-15(2)25(32)23(16(3)24(14)31)20(17-11-18(27)13-19(28)12-17)8-6-10-29-26(33)21-7-4-5-9-22(21)30/h4-5,7,9,11-13,20,30H,6,8,10H2,1-3H3,(H,29,33). The first-order valence-corrected chi connectivity index (χ1v) is 10.6. The molecule has 0 aliphatic heterocycles. The van der Waals surface area contributed by atoms with Gasteiger partial charge in [-0.1, -0.05) is 12.1 Å². The summed E-state index contributed by atoms with van der Waals surface area (Å²) in [7, 11) is 0. The number of ketones is 2. The van der Waals surface area contributed by atoms with Crippen molar-refractivity contribution in [3.05, 3.63) is 87.5 Å². The van der Waals surface area contributed by atoms with Gasteiger partial charge in [0.15, 0.2) is 11.6 Å². The fourth-order valence-electron chi connectivity index (χ4n) is 4.06. The molecule has 1 atom stereocenters. The summed E-state index contributed by atoms with van der Waals surface area (Å²) in [6.07, 6.45) is 0.629. The minimum absolute atomic E-state index is 0.129. The van der Waals surface area contributed by atoms with Crippen LogP contribution in [0.25, 0.3) is 0 Å². The number of halogens is 2. The molecule has 2 aromatic rings. The van der Waals surface area contributed by atoms with E-state index in [4.69, 9.17) is 0 Å². The number of Topliss-reactive ketones (excluding diaryl/α,β-unsaturated/α-hetero) is 2. The maximum Gasteiger partial charge on any atom is 0.255 e. The van der Waals surface area contributed by atoms with Gasteiger partial charge in [-0.25, -0.2) is 8.78 Å². The van der Waals surface area contributed by atoms with Crippen LogP contribution in [0.1, 0.15) is 55.5 Å². The number of carbonyl (C=O) groups excluding carboxylic acids is 3. The molecule has 5 nitrogen and oxygen atoms in total. The number of carbonyl (C=O) groups is 3. The average Bonchev–Trinajstić information content (AvgIpc) is 2.77. The van der Waals surface area contributed by atoms with E-state index < -0.39 is 23.5 Å². The molecule has 1 aliphatic rings. The van der Waals surface area contributed by atoms with Crippen molar-refractivity contribution in [2.45, 2.75) is 39.5 Å². The van der Waals surface area contributed by atoms with Gasteiger partial charge < -0.3 is 10.4 Å². The largest absolute Gasteiger partial charge is 0.507 e. The zero-order chi connectivity index (χ0) is 24.3. The maximum atomic E-state index is 14.0. The number of hydrogen-bond donors (Lipinski definition) is 2. The second-order valence-electron chi connectivity index (χ2n) is 8.12. The van der Waals surface area contributed by atoms with Crippen molar-refractivity contribution >= 4 is 17.5 Å². The first kappa shape index (κ1) is 24.0. The molecule has 3 rings (SSSR count). The Morgan fingerprint density at radius 1 is 0.939 bits per heavy atom. The van der Waals surface area contributed by atoms with Crippen LogP contribution in [0.3, 0.4) is 0 Å². The van der Waals surface area contributed by atoms with Crippen LogP contribution in [0.5, 0.6) is 5.75 Å². The highest BCUT2D eigenvalue weighted by Gasteiger charge is 2.33. The predicted octanol–water partition coefficient (Wildman–Crippen LogP) is 4.77. The fraction of sp³-hybridized carbons (Fsp3) is 0.269. The van der Waals surface area contributed by atoms with Crippen LogP contribution in [-0.2, 0) is 9.59 Å². The molecular formula is C26H25F2NO4. The van der Waals surface area contributed by atoms with E-state index in [2.05, 4.69) is 5.32 Å². The van der Waals surface area contributed by atoms with Gasteiger partial charge in [0.1, 0.15) is 17.4 Å². The lowest BCUT2D eigenvalue weighted by molar-refractivity contribution is -0.116. The average molecular weight is 453 g/mol. The predicted molar refractivity (Wildman–Crippen MR) is 120 cm³/mol. The Bertz CT molecular complexity index is 1180. The van der Waals surface area contributed by atoms with Crippen LogP contribution in [0.4, 0.5) is 8.78 Å². The molecule has 7 heteroatoms. The number of para-hydroxylation sites is 1. The number of hydrogen-bond acceptors (Lipinski definition) is 4. The summed E-state index contributed by atoms with van der Waals surface area (Å²) < 4.78 is 28.0. The molecule has 0 radical (unpaired) electrons. The van der Waals surface area contributed by atoms with Gasteiger partial charge in [-0.2, -0.15) is 0 Å². The molecule has 0 spiro atoms. The lowest BCUT2D eigenvalue weighted by Crippen LogP contribution is -2.27. The molecule has 33 heavy (non-hydrogen) atoms. The highest BCUT2D eigenvalue weighted by molar-refractivity contribution is 6.25. The molecule has 0 fully saturated rings. The highest BCUT2D eigenvalue weighted by Crippen LogP contribution is 2.37. The first-order chi connectivity index (χ1) is 15.6. The summed E-state index contributed by atoms with van der Waals surface area (Å²) in [5, 5.41) is 12.5. The Morgan fingerprint density at radius 2 is 1.55 bits per heavy atom. The molecule has 0 saturated carbocycles. The zero-order valence-electron chi connectivity index (χ0n) is 18.7. The molecule has 0 heterocycles. The van der Waals surface area contributed by atoms with E-state index in [9.17, 15) is 28.3 Å². The number of allylic oxidation sites excluding steroid dienone is 4. The Hall–Kier alpha value is -3.61. The van der Waals surface area contributed by atoms with Crippen LogP contribution in [-0.4, -0.2) is 29.1 Å². The van der Waals surface area contributed by atoms with Gasteiger partial charge in [0.05, 0.1) is 5.56 Å². The zero-order valence-corrected chi connectivity index (χ0v) is 18.7. The van der Waals surface area contributed by atoms with Gasteiger partial charge in [0.25, 0.3) is 5.91 Å². The van der Waals surface area contributed by atoms with Gasteiger partial charge in [-0.3, -0.25) is 14.4 Å². The van der Waals surface area contributed by atoms with Crippen LogP contribution in [0.2, 0.25) is 0 Å². The van der Waals surface area contributed by atoms with E-state index in [1.807, 2.05) is 0 Å². The Kier molecular flexibility index (Phi) is 7.21. The van der Waals surface area contributed by atoms with Crippen molar-refractivity contribution in [3.63, 3.8) is 0 Å². The van der Waals surface area contributed by atoms with E-state index in [0.717, 1.165) is 18.2 Å². The SMILES string of the molecule is CC1=C(C)C(=O)C(C(CCCNC(=O)c2ccccc2O)c2cc(F)cc(F)c2)=C(C)C1=O. The third-order valence-corrected chi connectivity index (χ3v) is 5.97. The molecule has 1 aliphatic carbocycles. The normalized spacial score (nSPS) is 15.2. The molecule has 2 N–H and O–H groups in total. The molecular weight excluding hydrogens is 428 g/mol. The van der Waals surface area contributed by atoms with Gasteiger partial charge >= 0.3 is 0 Å². The maximum absolute atomic E-state index is 14.0. The summed E-state index contributed by atoms with van der Waals surface area (Å²) in [4.78, 5) is 38.1. The van der Waals surface area contributed by atoms with Gasteiger partial charge in [-0.15, -0.1) is 0 Å². The number of aromatic hydroxyl groups is 1. The van der Waals surface area contributed by atoms with Crippen LogP contribution in [0.15, 0.2) is 64.8 Å². The third kappa shape index (κ3) is 5.08. The second-order valence-corrected chi connectivity index (χ2v) is 8.12. The molecule has 0 bridgehead atoms. The minimum atomic E-state index is -0.779. The number of phenolic OH excluding ortho intramolecular Hbond substituents is 1. The number of phenols is 1. The van der Waals surface area contributed by atoms with Crippen molar-refractivity contribution < 1.29 is 28.3 Å². The Balaban J connectivity index is 1.85. The van der Waals surface area contributed by atoms with E-state index in [1.165, 1.54) is 12.1 Å². The summed E-state index contributed by atoms with van der Waals surface area (Å²) in [5.41, 5.74) is 1.54. The monoisotopic (exact) mass is 453 g/mol.